The highest BCUT2D eigenvalue weighted by atomic mass is 16.5. The summed E-state index contributed by atoms with van der Waals surface area (Å²) in [5, 5.41) is 10.5. The third kappa shape index (κ3) is 4.40. The predicted octanol–water partition coefficient (Wildman–Crippen LogP) is 3.62. The van der Waals surface area contributed by atoms with Crippen LogP contribution in [0, 0.1) is 5.41 Å². The summed E-state index contributed by atoms with van der Waals surface area (Å²) in [6.07, 6.45) is 1.49. The summed E-state index contributed by atoms with van der Waals surface area (Å²) in [6, 6.07) is 15.0. The number of aromatic amines is 1. The molecule has 2 aromatic carbocycles. The molecule has 2 N–H and O–H groups in total. The number of hydrogen-bond donors (Lipinski definition) is 2. The molecule has 0 atom stereocenters. The van der Waals surface area contributed by atoms with E-state index in [1.54, 1.807) is 12.1 Å². The number of carboxylic acid groups (broad SMARTS) is 1. The zero-order valence-corrected chi connectivity index (χ0v) is 17.8. The van der Waals surface area contributed by atoms with Crippen molar-refractivity contribution < 1.29 is 14.6 Å². The van der Waals surface area contributed by atoms with E-state index in [4.69, 9.17) is 4.74 Å². The average Bonchev–Trinajstić information content (AvgIpc) is 2.75. The van der Waals surface area contributed by atoms with E-state index in [1.807, 2.05) is 55.1 Å². The third-order valence-electron chi connectivity index (χ3n) is 5.90. The highest BCUT2D eigenvalue weighted by Crippen LogP contribution is 2.36. The Hall–Kier alpha value is -3.35. The van der Waals surface area contributed by atoms with Gasteiger partial charge in [-0.3, -0.25) is 14.6 Å². The first-order valence-corrected chi connectivity index (χ1v) is 10.6. The molecule has 0 saturated carbocycles. The summed E-state index contributed by atoms with van der Waals surface area (Å²) in [5.74, 6) is 0.343. The second kappa shape index (κ2) is 8.41. The molecule has 3 aromatic rings. The molecule has 2 heterocycles. The largest absolute Gasteiger partial charge is 0.491 e. The van der Waals surface area contributed by atoms with Gasteiger partial charge in [-0.2, -0.15) is 0 Å². The second-order valence-electron chi connectivity index (χ2n) is 8.47. The van der Waals surface area contributed by atoms with Crippen LogP contribution in [-0.2, 0) is 11.2 Å². The zero-order valence-electron chi connectivity index (χ0n) is 17.8. The molecular weight excluding hydrogens is 394 g/mol. The monoisotopic (exact) mass is 421 g/mol. The number of anilines is 1. The molecule has 1 aromatic heterocycles. The zero-order chi connectivity index (χ0) is 22.0. The minimum absolute atomic E-state index is 0.0162. The van der Waals surface area contributed by atoms with Crippen molar-refractivity contribution in [2.24, 2.45) is 5.41 Å². The standard InChI is InChI=1S/C24H27N3O4/c1-16(2)31-18-8-9-20-19(14-18)21(28)26-23(25-20)27-12-10-24(11-13-27,22(29)30)15-17-6-4-3-5-7-17/h3-9,14,16H,10-13,15H2,1-2H3,(H,29,30)(H,25,26,28). The lowest BCUT2D eigenvalue weighted by molar-refractivity contribution is -0.150. The van der Waals surface area contributed by atoms with Crippen LogP contribution in [0.3, 0.4) is 0 Å². The number of H-pyrrole nitrogens is 1. The highest BCUT2D eigenvalue weighted by molar-refractivity contribution is 5.80. The number of rotatable bonds is 6. The first kappa shape index (κ1) is 20.9. The van der Waals surface area contributed by atoms with Gasteiger partial charge in [-0.1, -0.05) is 30.3 Å². The minimum atomic E-state index is -0.807. The molecule has 1 fully saturated rings. The molecule has 1 aliphatic heterocycles. The third-order valence-corrected chi connectivity index (χ3v) is 5.90. The van der Waals surface area contributed by atoms with Crippen molar-refractivity contribution in [1.29, 1.82) is 0 Å². The second-order valence-corrected chi connectivity index (χ2v) is 8.47. The minimum Gasteiger partial charge on any atom is -0.491 e. The Labute approximate surface area is 180 Å². The smallest absolute Gasteiger partial charge is 0.310 e. The van der Waals surface area contributed by atoms with E-state index < -0.39 is 11.4 Å². The Bertz CT molecular complexity index is 1130. The topological polar surface area (TPSA) is 95.5 Å². The van der Waals surface area contributed by atoms with Crippen molar-refractivity contribution in [2.45, 2.75) is 39.2 Å². The maximum absolute atomic E-state index is 12.7. The van der Waals surface area contributed by atoms with Crippen LogP contribution in [0.4, 0.5) is 5.95 Å². The number of nitrogens with zero attached hydrogens (tertiary/aromatic N) is 2. The van der Waals surface area contributed by atoms with Crippen LogP contribution in [0.15, 0.2) is 53.3 Å². The Kier molecular flexibility index (Phi) is 5.67. The first-order chi connectivity index (χ1) is 14.9. The Morgan fingerprint density at radius 1 is 1.19 bits per heavy atom. The van der Waals surface area contributed by atoms with Gasteiger partial charge in [-0.05, 0) is 56.9 Å². The van der Waals surface area contributed by atoms with Crippen molar-refractivity contribution >= 4 is 22.8 Å². The molecule has 4 rings (SSSR count). The van der Waals surface area contributed by atoms with Crippen LogP contribution in [0.25, 0.3) is 10.9 Å². The summed E-state index contributed by atoms with van der Waals surface area (Å²) < 4.78 is 5.67. The average molecular weight is 421 g/mol. The van der Waals surface area contributed by atoms with Crippen LogP contribution in [-0.4, -0.2) is 40.2 Å². The normalized spacial score (nSPS) is 15.9. The van der Waals surface area contributed by atoms with Crippen LogP contribution >= 0.6 is 0 Å². The molecule has 162 valence electrons. The lowest BCUT2D eigenvalue weighted by atomic mass is 9.74. The van der Waals surface area contributed by atoms with Crippen molar-refractivity contribution in [3.8, 4) is 5.75 Å². The molecule has 0 radical (unpaired) electrons. The van der Waals surface area contributed by atoms with Gasteiger partial charge >= 0.3 is 5.97 Å². The lowest BCUT2D eigenvalue weighted by Gasteiger charge is -2.39. The lowest BCUT2D eigenvalue weighted by Crippen LogP contribution is -2.46. The number of carboxylic acids is 1. The summed E-state index contributed by atoms with van der Waals surface area (Å²) in [6.45, 7) is 4.90. The Balaban J connectivity index is 1.55. The fourth-order valence-corrected chi connectivity index (χ4v) is 4.20. The van der Waals surface area contributed by atoms with Crippen molar-refractivity contribution in [2.75, 3.05) is 18.0 Å². The SMILES string of the molecule is CC(C)Oc1ccc2nc(N3CCC(Cc4ccccc4)(C(=O)O)CC3)[nH]c(=O)c2c1. The van der Waals surface area contributed by atoms with E-state index in [-0.39, 0.29) is 11.7 Å². The van der Waals surface area contributed by atoms with E-state index >= 15 is 0 Å². The predicted molar refractivity (Wildman–Crippen MR) is 120 cm³/mol. The number of nitrogens with one attached hydrogen (secondary N) is 1. The number of fused-ring (bicyclic) bond motifs is 1. The van der Waals surface area contributed by atoms with Crippen LogP contribution in [0.1, 0.15) is 32.3 Å². The van der Waals surface area contributed by atoms with E-state index in [0.717, 1.165) is 5.56 Å². The van der Waals surface area contributed by atoms with Gasteiger partial charge in [-0.15, -0.1) is 0 Å². The number of piperidine rings is 1. The Morgan fingerprint density at radius 3 is 2.55 bits per heavy atom. The molecule has 0 bridgehead atoms. The molecule has 0 unspecified atom stereocenters. The molecule has 31 heavy (non-hydrogen) atoms. The van der Waals surface area contributed by atoms with Gasteiger partial charge in [0, 0.05) is 13.1 Å². The quantitative estimate of drug-likeness (QED) is 0.631. The molecular formula is C24H27N3O4. The van der Waals surface area contributed by atoms with E-state index in [2.05, 4.69) is 9.97 Å². The fourth-order valence-electron chi connectivity index (χ4n) is 4.20. The van der Waals surface area contributed by atoms with Gasteiger partial charge in [0.25, 0.3) is 5.56 Å². The van der Waals surface area contributed by atoms with Crippen LogP contribution in [0.2, 0.25) is 0 Å². The van der Waals surface area contributed by atoms with Crippen LogP contribution < -0.4 is 15.2 Å². The van der Waals surface area contributed by atoms with E-state index in [1.165, 1.54) is 0 Å². The van der Waals surface area contributed by atoms with Gasteiger partial charge in [0.15, 0.2) is 0 Å². The summed E-state index contributed by atoms with van der Waals surface area (Å²) >= 11 is 0. The molecule has 7 nitrogen and oxygen atoms in total. The summed E-state index contributed by atoms with van der Waals surface area (Å²) in [5.41, 5.74) is 0.579. The van der Waals surface area contributed by atoms with Crippen molar-refractivity contribution in [3.05, 3.63) is 64.4 Å². The van der Waals surface area contributed by atoms with Crippen molar-refractivity contribution in [3.63, 3.8) is 0 Å². The number of hydrogen-bond acceptors (Lipinski definition) is 5. The molecule has 0 aliphatic carbocycles. The highest BCUT2D eigenvalue weighted by Gasteiger charge is 2.42. The van der Waals surface area contributed by atoms with Gasteiger partial charge < -0.3 is 14.7 Å². The van der Waals surface area contributed by atoms with Gasteiger partial charge in [0.2, 0.25) is 5.95 Å². The molecule has 7 heteroatoms. The summed E-state index contributed by atoms with van der Waals surface area (Å²) in [4.78, 5) is 34.3. The first-order valence-electron chi connectivity index (χ1n) is 10.6. The van der Waals surface area contributed by atoms with Gasteiger partial charge in [0.05, 0.1) is 22.4 Å². The number of carbonyl (C=O) groups is 1. The van der Waals surface area contributed by atoms with E-state index in [0.29, 0.717) is 55.0 Å². The molecule has 1 saturated heterocycles. The maximum Gasteiger partial charge on any atom is 0.310 e. The number of ether oxygens (including phenoxy) is 1. The molecule has 1 aliphatic rings. The Morgan fingerprint density at radius 2 is 1.90 bits per heavy atom. The van der Waals surface area contributed by atoms with Gasteiger partial charge in [-0.25, -0.2) is 4.98 Å². The van der Waals surface area contributed by atoms with Gasteiger partial charge in [0.1, 0.15) is 5.75 Å². The van der Waals surface area contributed by atoms with Crippen molar-refractivity contribution in [1.82, 2.24) is 9.97 Å². The number of benzene rings is 2. The summed E-state index contributed by atoms with van der Waals surface area (Å²) in [7, 11) is 0. The molecule has 0 spiro atoms. The van der Waals surface area contributed by atoms with E-state index in [9.17, 15) is 14.7 Å². The number of aliphatic carboxylic acids is 1. The maximum atomic E-state index is 12.7. The fraction of sp³-hybridized carbons (Fsp3) is 0.375. The van der Waals surface area contributed by atoms with Crippen LogP contribution in [0.5, 0.6) is 5.75 Å². The number of aromatic nitrogens is 2. The molecule has 0 amide bonds.